The van der Waals surface area contributed by atoms with Crippen molar-refractivity contribution < 1.29 is 4.39 Å². The Morgan fingerprint density at radius 2 is 2.09 bits per heavy atom. The molecule has 0 spiro atoms. The van der Waals surface area contributed by atoms with Crippen LogP contribution in [-0.2, 0) is 0 Å². The van der Waals surface area contributed by atoms with Gasteiger partial charge in [-0.2, -0.15) is 5.10 Å². The van der Waals surface area contributed by atoms with Gasteiger partial charge in [0.25, 0.3) is 0 Å². The minimum absolute atomic E-state index is 0.292. The molecule has 3 heterocycles. The van der Waals surface area contributed by atoms with Gasteiger partial charge in [-0.3, -0.25) is 4.98 Å². The van der Waals surface area contributed by atoms with Crippen molar-refractivity contribution in [3.8, 4) is 11.3 Å². The molecule has 0 amide bonds. The molecule has 1 atom stereocenters. The van der Waals surface area contributed by atoms with Crippen LogP contribution >= 0.6 is 11.3 Å². The van der Waals surface area contributed by atoms with Crippen molar-refractivity contribution in [1.29, 1.82) is 0 Å². The van der Waals surface area contributed by atoms with E-state index in [-0.39, 0.29) is 11.9 Å². The molecule has 2 N–H and O–H groups in total. The van der Waals surface area contributed by atoms with Crippen LogP contribution in [0.2, 0.25) is 0 Å². The molecule has 1 unspecified atom stereocenters. The van der Waals surface area contributed by atoms with Gasteiger partial charge in [0.15, 0.2) is 0 Å². The third-order valence-corrected chi connectivity index (χ3v) is 4.54. The van der Waals surface area contributed by atoms with Crippen molar-refractivity contribution in [1.82, 2.24) is 19.6 Å². The van der Waals surface area contributed by atoms with E-state index < -0.39 is 0 Å². The third kappa shape index (κ3) is 2.49. The predicted molar refractivity (Wildman–Crippen MR) is 86.5 cm³/mol. The molecule has 4 rings (SSSR count). The van der Waals surface area contributed by atoms with E-state index in [0.29, 0.717) is 0 Å². The third-order valence-electron chi connectivity index (χ3n) is 3.53. The SMILES string of the molecule is NC(c1cccnc1)c1nn2c(-c3cccc(F)c3)cnc2s1. The van der Waals surface area contributed by atoms with Gasteiger partial charge < -0.3 is 5.73 Å². The largest absolute Gasteiger partial charge is 0.318 e. The minimum atomic E-state index is -0.365. The maximum absolute atomic E-state index is 13.4. The number of halogens is 1. The summed E-state index contributed by atoms with van der Waals surface area (Å²) in [5, 5.41) is 5.29. The fourth-order valence-electron chi connectivity index (χ4n) is 2.38. The lowest BCUT2D eigenvalue weighted by Gasteiger charge is -2.06. The molecular weight excluding hydrogens is 313 g/mol. The molecule has 114 valence electrons. The van der Waals surface area contributed by atoms with Gasteiger partial charge in [-0.25, -0.2) is 13.9 Å². The molecule has 0 aliphatic carbocycles. The first-order valence-electron chi connectivity index (χ1n) is 6.98. The summed E-state index contributed by atoms with van der Waals surface area (Å²) in [6, 6.07) is 9.75. The number of aromatic nitrogens is 4. The van der Waals surface area contributed by atoms with E-state index in [9.17, 15) is 4.39 Å². The van der Waals surface area contributed by atoms with Crippen molar-refractivity contribution in [3.63, 3.8) is 0 Å². The number of nitrogens with zero attached hydrogens (tertiary/aromatic N) is 4. The quantitative estimate of drug-likeness (QED) is 0.628. The molecule has 0 bridgehead atoms. The van der Waals surface area contributed by atoms with Crippen LogP contribution in [0.5, 0.6) is 0 Å². The zero-order chi connectivity index (χ0) is 15.8. The second kappa shape index (κ2) is 5.53. The molecule has 4 aromatic rings. The van der Waals surface area contributed by atoms with Gasteiger partial charge in [0.1, 0.15) is 10.8 Å². The monoisotopic (exact) mass is 325 g/mol. The van der Waals surface area contributed by atoms with Gasteiger partial charge in [0, 0.05) is 18.0 Å². The van der Waals surface area contributed by atoms with E-state index in [1.54, 1.807) is 29.2 Å². The highest BCUT2D eigenvalue weighted by Crippen LogP contribution is 2.28. The summed E-state index contributed by atoms with van der Waals surface area (Å²) in [6.07, 6.45) is 5.11. The van der Waals surface area contributed by atoms with Crippen LogP contribution in [0.3, 0.4) is 0 Å². The number of nitrogens with two attached hydrogens (primary N) is 1. The molecule has 1 aromatic carbocycles. The van der Waals surface area contributed by atoms with Gasteiger partial charge in [-0.05, 0) is 23.8 Å². The maximum Gasteiger partial charge on any atom is 0.212 e. The molecule has 0 aliphatic heterocycles. The summed E-state index contributed by atoms with van der Waals surface area (Å²) < 4.78 is 15.1. The zero-order valence-electron chi connectivity index (χ0n) is 11.9. The fraction of sp³-hybridized carbons (Fsp3) is 0.0625. The van der Waals surface area contributed by atoms with Gasteiger partial charge in [-0.1, -0.05) is 29.5 Å². The second-order valence-corrected chi connectivity index (χ2v) is 6.04. The van der Waals surface area contributed by atoms with Gasteiger partial charge in [-0.15, -0.1) is 0 Å². The molecule has 5 nitrogen and oxygen atoms in total. The predicted octanol–water partition coefficient (Wildman–Crippen LogP) is 3.04. The Hall–Kier alpha value is -2.64. The number of pyridine rings is 1. The van der Waals surface area contributed by atoms with Gasteiger partial charge >= 0.3 is 0 Å². The number of hydrogen-bond acceptors (Lipinski definition) is 5. The molecule has 0 radical (unpaired) electrons. The normalized spacial score (nSPS) is 12.6. The molecule has 0 aliphatic rings. The Morgan fingerprint density at radius 1 is 1.17 bits per heavy atom. The lowest BCUT2D eigenvalue weighted by Crippen LogP contribution is -2.12. The average molecular weight is 325 g/mol. The van der Waals surface area contributed by atoms with Crippen LogP contribution in [0.4, 0.5) is 4.39 Å². The summed E-state index contributed by atoms with van der Waals surface area (Å²) in [7, 11) is 0. The van der Waals surface area contributed by atoms with E-state index >= 15 is 0 Å². The standard InChI is InChI=1S/C16H12FN5S/c17-12-5-1-3-10(7-12)13-9-20-16-22(13)21-15(23-16)14(18)11-4-2-6-19-8-11/h1-9,14H,18H2. The molecule has 23 heavy (non-hydrogen) atoms. The van der Waals surface area contributed by atoms with Crippen molar-refractivity contribution in [2.75, 3.05) is 0 Å². The van der Waals surface area contributed by atoms with Crippen molar-refractivity contribution in [3.05, 3.63) is 71.4 Å². The second-order valence-electron chi connectivity index (χ2n) is 5.05. The van der Waals surface area contributed by atoms with Gasteiger partial charge in [0.2, 0.25) is 4.96 Å². The smallest absolute Gasteiger partial charge is 0.212 e. The van der Waals surface area contributed by atoms with E-state index in [0.717, 1.165) is 26.8 Å². The van der Waals surface area contributed by atoms with E-state index in [2.05, 4.69) is 15.1 Å². The maximum atomic E-state index is 13.4. The molecule has 0 saturated heterocycles. The first-order valence-corrected chi connectivity index (χ1v) is 7.80. The van der Waals surface area contributed by atoms with Crippen LogP contribution in [0.15, 0.2) is 55.0 Å². The van der Waals surface area contributed by atoms with Crippen LogP contribution in [0.1, 0.15) is 16.6 Å². The lowest BCUT2D eigenvalue weighted by atomic mass is 10.1. The highest BCUT2D eigenvalue weighted by atomic mass is 32.1. The Morgan fingerprint density at radius 3 is 2.87 bits per heavy atom. The summed E-state index contributed by atoms with van der Waals surface area (Å²) in [6.45, 7) is 0. The number of benzene rings is 1. The lowest BCUT2D eigenvalue weighted by molar-refractivity contribution is 0.628. The van der Waals surface area contributed by atoms with Crippen LogP contribution < -0.4 is 5.73 Å². The highest BCUT2D eigenvalue weighted by molar-refractivity contribution is 7.16. The number of rotatable bonds is 3. The molecule has 3 aromatic heterocycles. The number of hydrogen-bond donors (Lipinski definition) is 1. The van der Waals surface area contributed by atoms with Crippen LogP contribution in [0.25, 0.3) is 16.2 Å². The van der Waals surface area contributed by atoms with Gasteiger partial charge in [0.05, 0.1) is 17.9 Å². The summed E-state index contributed by atoms with van der Waals surface area (Å²) >= 11 is 1.41. The summed E-state index contributed by atoms with van der Waals surface area (Å²) in [5.41, 5.74) is 8.61. The van der Waals surface area contributed by atoms with E-state index in [1.165, 1.54) is 23.5 Å². The fourth-order valence-corrected chi connectivity index (χ4v) is 3.28. The summed E-state index contributed by atoms with van der Waals surface area (Å²) in [5.74, 6) is -0.292. The number of imidazole rings is 1. The Balaban J connectivity index is 1.78. The molecule has 0 saturated carbocycles. The van der Waals surface area contributed by atoms with Crippen LogP contribution in [-0.4, -0.2) is 19.6 Å². The van der Waals surface area contributed by atoms with Crippen LogP contribution in [0, 0.1) is 5.82 Å². The summed E-state index contributed by atoms with van der Waals surface area (Å²) in [4.78, 5) is 9.15. The first kappa shape index (κ1) is 14.0. The van der Waals surface area contributed by atoms with E-state index in [4.69, 9.17) is 5.73 Å². The molecular formula is C16H12FN5S. The average Bonchev–Trinajstić information content (AvgIpc) is 3.15. The van der Waals surface area contributed by atoms with Crippen molar-refractivity contribution >= 4 is 16.3 Å². The first-order chi connectivity index (χ1) is 11.2. The molecule has 7 heteroatoms. The number of fused-ring (bicyclic) bond motifs is 1. The van der Waals surface area contributed by atoms with Crippen molar-refractivity contribution in [2.45, 2.75) is 6.04 Å². The highest BCUT2D eigenvalue weighted by Gasteiger charge is 2.17. The zero-order valence-corrected chi connectivity index (χ0v) is 12.7. The Labute approximate surface area is 135 Å². The molecule has 0 fully saturated rings. The van der Waals surface area contributed by atoms with Crippen molar-refractivity contribution in [2.24, 2.45) is 5.73 Å². The topological polar surface area (TPSA) is 69.1 Å². The van der Waals surface area contributed by atoms with E-state index in [1.807, 2.05) is 18.2 Å². The Kier molecular flexibility index (Phi) is 3.36. The Bertz CT molecular complexity index is 963. The minimum Gasteiger partial charge on any atom is -0.318 e.